The van der Waals surface area contributed by atoms with Gasteiger partial charge in [-0.05, 0) is 37.0 Å². The van der Waals surface area contributed by atoms with Crippen molar-refractivity contribution in [2.45, 2.75) is 31.3 Å². The second-order valence-corrected chi connectivity index (χ2v) is 6.44. The molecule has 4 rings (SSSR count). The minimum absolute atomic E-state index is 0.0437. The lowest BCUT2D eigenvalue weighted by Crippen LogP contribution is -2.25. The van der Waals surface area contributed by atoms with Gasteiger partial charge in [-0.15, -0.1) is 0 Å². The van der Waals surface area contributed by atoms with Crippen molar-refractivity contribution in [3.8, 4) is 0 Å². The van der Waals surface area contributed by atoms with Crippen molar-refractivity contribution in [2.75, 3.05) is 11.9 Å². The molecule has 2 aromatic heterocycles. The number of nitrogens with zero attached hydrogens (tertiary/aromatic N) is 3. The van der Waals surface area contributed by atoms with Crippen LogP contribution in [0, 0.1) is 5.92 Å². The van der Waals surface area contributed by atoms with Crippen molar-refractivity contribution < 1.29 is 9.53 Å². The molecule has 0 aromatic carbocycles. The van der Waals surface area contributed by atoms with E-state index in [0.29, 0.717) is 24.1 Å². The fraction of sp³-hybridized carbons (Fsp3) is 0.467. The quantitative estimate of drug-likeness (QED) is 0.938. The molecule has 114 valence electrons. The summed E-state index contributed by atoms with van der Waals surface area (Å²) in [7, 11) is 0. The Morgan fingerprint density at radius 1 is 1.27 bits per heavy atom. The van der Waals surface area contributed by atoms with Crippen LogP contribution >= 0.6 is 11.5 Å². The molecule has 22 heavy (non-hydrogen) atoms. The molecular formula is C15H16N4O2S. The van der Waals surface area contributed by atoms with Gasteiger partial charge in [-0.1, -0.05) is 0 Å². The number of carbonyl (C=O) groups is 1. The van der Waals surface area contributed by atoms with Crippen LogP contribution < -0.4 is 5.32 Å². The molecule has 1 saturated heterocycles. The molecule has 2 aliphatic rings. The van der Waals surface area contributed by atoms with Crippen molar-refractivity contribution >= 4 is 22.6 Å². The van der Waals surface area contributed by atoms with Gasteiger partial charge in [0, 0.05) is 36.5 Å². The highest BCUT2D eigenvalue weighted by Crippen LogP contribution is 2.39. The van der Waals surface area contributed by atoms with Crippen LogP contribution in [-0.2, 0) is 9.53 Å². The number of rotatable bonds is 4. The van der Waals surface area contributed by atoms with Gasteiger partial charge in [-0.3, -0.25) is 9.78 Å². The van der Waals surface area contributed by atoms with Gasteiger partial charge in [-0.2, -0.15) is 4.37 Å². The van der Waals surface area contributed by atoms with E-state index in [9.17, 15) is 4.79 Å². The fourth-order valence-corrected chi connectivity index (χ4v) is 3.38. The molecule has 2 fully saturated rings. The van der Waals surface area contributed by atoms with Crippen LogP contribution in [0.2, 0.25) is 0 Å². The highest BCUT2D eigenvalue weighted by molar-refractivity contribution is 7.09. The Morgan fingerprint density at radius 2 is 2.09 bits per heavy atom. The SMILES string of the molecule is O=C(Nc1nc(C2CC2)ns1)[C@@H]1CCO[C@H]1c1ccncc1. The maximum absolute atomic E-state index is 12.5. The van der Waals surface area contributed by atoms with E-state index in [1.54, 1.807) is 12.4 Å². The van der Waals surface area contributed by atoms with E-state index in [4.69, 9.17) is 4.74 Å². The van der Waals surface area contributed by atoms with Gasteiger partial charge in [0.25, 0.3) is 0 Å². The molecule has 6 nitrogen and oxygen atoms in total. The third-order valence-electron chi connectivity index (χ3n) is 4.08. The molecular weight excluding hydrogens is 300 g/mol. The number of ether oxygens (including phenoxy) is 1. The molecule has 2 atom stereocenters. The van der Waals surface area contributed by atoms with Gasteiger partial charge < -0.3 is 10.1 Å². The summed E-state index contributed by atoms with van der Waals surface area (Å²) in [4.78, 5) is 20.9. The van der Waals surface area contributed by atoms with Crippen molar-refractivity contribution in [3.05, 3.63) is 35.9 Å². The zero-order valence-electron chi connectivity index (χ0n) is 11.9. The largest absolute Gasteiger partial charge is 0.373 e. The first kappa shape index (κ1) is 13.8. The van der Waals surface area contributed by atoms with E-state index < -0.39 is 0 Å². The highest BCUT2D eigenvalue weighted by atomic mass is 32.1. The number of amides is 1. The van der Waals surface area contributed by atoms with Gasteiger partial charge in [-0.25, -0.2) is 4.98 Å². The number of hydrogen-bond donors (Lipinski definition) is 1. The molecule has 1 N–H and O–H groups in total. The predicted molar refractivity (Wildman–Crippen MR) is 81.6 cm³/mol. The van der Waals surface area contributed by atoms with Crippen LogP contribution in [0.5, 0.6) is 0 Å². The summed E-state index contributed by atoms with van der Waals surface area (Å²) < 4.78 is 10.1. The molecule has 1 aliphatic heterocycles. The molecule has 1 amide bonds. The first-order valence-corrected chi connectivity index (χ1v) is 8.24. The summed E-state index contributed by atoms with van der Waals surface area (Å²) in [6.45, 7) is 0.592. The van der Waals surface area contributed by atoms with E-state index in [2.05, 4.69) is 19.7 Å². The number of pyridine rings is 1. The topological polar surface area (TPSA) is 77.0 Å². The normalized spacial score (nSPS) is 24.4. The lowest BCUT2D eigenvalue weighted by molar-refractivity contribution is -0.121. The third-order valence-corrected chi connectivity index (χ3v) is 4.72. The molecule has 3 heterocycles. The molecule has 0 radical (unpaired) electrons. The van der Waals surface area contributed by atoms with Crippen molar-refractivity contribution in [2.24, 2.45) is 5.92 Å². The van der Waals surface area contributed by atoms with E-state index >= 15 is 0 Å². The van der Waals surface area contributed by atoms with Gasteiger partial charge >= 0.3 is 0 Å². The number of anilines is 1. The van der Waals surface area contributed by atoms with Crippen LogP contribution in [0.25, 0.3) is 0 Å². The molecule has 1 aliphatic carbocycles. The number of carbonyl (C=O) groups excluding carboxylic acids is 1. The van der Waals surface area contributed by atoms with Crippen LogP contribution in [0.4, 0.5) is 5.13 Å². The van der Waals surface area contributed by atoms with E-state index in [1.807, 2.05) is 12.1 Å². The second kappa shape index (κ2) is 5.73. The average Bonchev–Trinajstić information content (AvgIpc) is 3.10. The number of aromatic nitrogens is 3. The predicted octanol–water partition coefficient (Wildman–Crippen LogP) is 2.53. The zero-order valence-corrected chi connectivity index (χ0v) is 12.8. The van der Waals surface area contributed by atoms with Crippen molar-refractivity contribution in [3.63, 3.8) is 0 Å². The Balaban J connectivity index is 1.46. The summed E-state index contributed by atoms with van der Waals surface area (Å²) in [6, 6.07) is 3.79. The van der Waals surface area contributed by atoms with Crippen LogP contribution in [-0.4, -0.2) is 26.9 Å². The third kappa shape index (κ3) is 2.74. The molecule has 0 bridgehead atoms. The Kier molecular flexibility index (Phi) is 3.59. The van der Waals surface area contributed by atoms with Crippen LogP contribution in [0.3, 0.4) is 0 Å². The summed E-state index contributed by atoms with van der Waals surface area (Å²) in [6.07, 6.45) is 6.26. The maximum Gasteiger partial charge on any atom is 0.232 e. The monoisotopic (exact) mass is 316 g/mol. The first-order valence-electron chi connectivity index (χ1n) is 7.47. The van der Waals surface area contributed by atoms with E-state index in [1.165, 1.54) is 11.5 Å². The van der Waals surface area contributed by atoms with Crippen LogP contribution in [0.15, 0.2) is 24.5 Å². The second-order valence-electron chi connectivity index (χ2n) is 5.69. The van der Waals surface area contributed by atoms with Crippen LogP contribution in [0.1, 0.15) is 42.7 Å². The van der Waals surface area contributed by atoms with Gasteiger partial charge in [0.05, 0.1) is 12.0 Å². The van der Waals surface area contributed by atoms with E-state index in [-0.39, 0.29) is 17.9 Å². The summed E-state index contributed by atoms with van der Waals surface area (Å²) in [5.41, 5.74) is 0.989. The zero-order chi connectivity index (χ0) is 14.9. The molecule has 0 spiro atoms. The number of nitrogens with one attached hydrogen (secondary N) is 1. The average molecular weight is 316 g/mol. The lowest BCUT2D eigenvalue weighted by Gasteiger charge is -2.17. The van der Waals surface area contributed by atoms with Gasteiger partial charge in [0.2, 0.25) is 11.0 Å². The minimum atomic E-state index is -0.209. The highest BCUT2D eigenvalue weighted by Gasteiger charge is 2.36. The van der Waals surface area contributed by atoms with Gasteiger partial charge in [0.15, 0.2) is 0 Å². The Hall–Kier alpha value is -1.86. The Bertz CT molecular complexity index is 671. The van der Waals surface area contributed by atoms with Crippen molar-refractivity contribution in [1.82, 2.24) is 14.3 Å². The molecule has 0 unspecified atom stereocenters. The standard InChI is InChI=1S/C15H16N4O2S/c20-14(18-15-17-13(19-22-15)10-1-2-10)11-5-8-21-12(11)9-3-6-16-7-4-9/h3-4,6-7,10-12H,1-2,5,8H2,(H,17,18,19,20)/t11-,12+/m1/s1. The lowest BCUT2D eigenvalue weighted by atomic mass is 9.95. The number of hydrogen-bond acceptors (Lipinski definition) is 6. The first-order chi connectivity index (χ1) is 10.8. The Morgan fingerprint density at radius 3 is 2.86 bits per heavy atom. The summed E-state index contributed by atoms with van der Waals surface area (Å²) in [5.74, 6) is 1.13. The fourth-order valence-electron chi connectivity index (χ4n) is 2.73. The Labute approximate surface area is 132 Å². The molecule has 7 heteroatoms. The summed E-state index contributed by atoms with van der Waals surface area (Å²) in [5, 5.41) is 3.49. The molecule has 1 saturated carbocycles. The van der Waals surface area contributed by atoms with Crippen molar-refractivity contribution in [1.29, 1.82) is 0 Å². The van der Waals surface area contributed by atoms with E-state index in [0.717, 1.165) is 24.2 Å². The minimum Gasteiger partial charge on any atom is -0.373 e. The maximum atomic E-state index is 12.5. The molecule has 2 aromatic rings. The smallest absolute Gasteiger partial charge is 0.232 e. The van der Waals surface area contributed by atoms with Gasteiger partial charge in [0.1, 0.15) is 5.82 Å². The summed E-state index contributed by atoms with van der Waals surface area (Å²) >= 11 is 1.26.